The van der Waals surface area contributed by atoms with Crippen molar-refractivity contribution < 1.29 is 28.6 Å². The number of hydrogen-bond donors (Lipinski definition) is 0. The number of esters is 1. The minimum atomic E-state index is -0.431. The first kappa shape index (κ1) is 20.4. The summed E-state index contributed by atoms with van der Waals surface area (Å²) in [6.07, 6.45) is 0.383. The molecule has 1 aliphatic rings. The summed E-state index contributed by atoms with van der Waals surface area (Å²) in [6.45, 7) is 4.35. The van der Waals surface area contributed by atoms with Gasteiger partial charge in [0.25, 0.3) is 11.8 Å². The topological polar surface area (TPSA) is 82.1 Å². The van der Waals surface area contributed by atoms with Gasteiger partial charge in [0.15, 0.2) is 11.5 Å². The van der Waals surface area contributed by atoms with Crippen LogP contribution < -0.4 is 14.4 Å². The maximum Gasteiger partial charge on any atom is 0.305 e. The second kappa shape index (κ2) is 8.77. The van der Waals surface area contributed by atoms with Crippen LogP contribution in [-0.4, -0.2) is 38.1 Å². The van der Waals surface area contributed by atoms with Gasteiger partial charge in [-0.25, -0.2) is 4.90 Å². The summed E-state index contributed by atoms with van der Waals surface area (Å²) in [5.74, 6) is -0.502. The van der Waals surface area contributed by atoms with Crippen molar-refractivity contribution >= 4 is 23.5 Å². The van der Waals surface area contributed by atoms with Crippen molar-refractivity contribution in [2.75, 3.05) is 25.2 Å². The highest BCUT2D eigenvalue weighted by Crippen LogP contribution is 2.44. The molecule has 7 nitrogen and oxygen atoms in total. The Kier molecular flexibility index (Phi) is 6.16. The highest BCUT2D eigenvalue weighted by atomic mass is 16.5. The lowest BCUT2D eigenvalue weighted by Gasteiger charge is -2.23. The van der Waals surface area contributed by atoms with Crippen LogP contribution in [0.4, 0.5) is 5.69 Å². The molecule has 0 fully saturated rings. The number of aryl methyl sites for hydroxylation is 1. The molecule has 1 heterocycles. The number of fused-ring (bicyclic) bond motifs is 1. The van der Waals surface area contributed by atoms with E-state index in [2.05, 4.69) is 0 Å². The van der Waals surface area contributed by atoms with Gasteiger partial charge >= 0.3 is 5.97 Å². The molecule has 0 bridgehead atoms. The summed E-state index contributed by atoms with van der Waals surface area (Å²) in [6, 6.07) is 10.1. The van der Waals surface area contributed by atoms with Gasteiger partial charge in [0.05, 0.1) is 31.5 Å². The molecule has 29 heavy (non-hydrogen) atoms. The number of imide groups is 1. The maximum atomic E-state index is 13.1. The summed E-state index contributed by atoms with van der Waals surface area (Å²) >= 11 is 0. The van der Waals surface area contributed by atoms with Crippen molar-refractivity contribution in [3.63, 3.8) is 0 Å². The van der Waals surface area contributed by atoms with Gasteiger partial charge in [0.2, 0.25) is 0 Å². The normalized spacial score (nSPS) is 12.7. The Labute approximate surface area is 169 Å². The van der Waals surface area contributed by atoms with Crippen LogP contribution in [0.5, 0.6) is 11.5 Å². The lowest BCUT2D eigenvalue weighted by atomic mass is 10.0. The average Bonchev–Trinajstić information content (AvgIpc) is 2.98. The number of carbonyl (C=O) groups excluding carboxylic acids is 3. The van der Waals surface area contributed by atoms with E-state index >= 15 is 0 Å². The van der Waals surface area contributed by atoms with Crippen LogP contribution in [0.25, 0.3) is 0 Å². The number of nitrogens with zero attached hydrogens (tertiary/aromatic N) is 1. The Morgan fingerprint density at radius 3 is 2.10 bits per heavy atom. The Hall–Kier alpha value is -3.35. The van der Waals surface area contributed by atoms with Crippen molar-refractivity contribution in [1.29, 1.82) is 0 Å². The quantitative estimate of drug-likeness (QED) is 0.502. The van der Waals surface area contributed by atoms with E-state index in [9.17, 15) is 14.4 Å². The molecule has 0 unspecified atom stereocenters. The Morgan fingerprint density at radius 1 is 0.931 bits per heavy atom. The van der Waals surface area contributed by atoms with Crippen LogP contribution in [-0.2, 0) is 16.0 Å². The van der Waals surface area contributed by atoms with Crippen molar-refractivity contribution in [1.82, 2.24) is 0 Å². The van der Waals surface area contributed by atoms with Gasteiger partial charge in [-0.05, 0) is 44.0 Å². The molecule has 0 saturated carbocycles. The molecule has 7 heteroatoms. The predicted octanol–water partition coefficient (Wildman–Crippen LogP) is 3.39. The Bertz CT molecular complexity index is 917. The first-order valence-electron chi connectivity index (χ1n) is 9.49. The number of ether oxygens (including phenoxy) is 3. The molecule has 0 saturated heterocycles. The minimum Gasteiger partial charge on any atom is -0.490 e. The molecule has 2 aromatic carbocycles. The fourth-order valence-corrected chi connectivity index (χ4v) is 3.32. The second-order valence-corrected chi connectivity index (χ2v) is 6.33. The highest BCUT2D eigenvalue weighted by molar-refractivity contribution is 6.35. The molecule has 152 valence electrons. The van der Waals surface area contributed by atoms with E-state index in [4.69, 9.17) is 14.2 Å². The van der Waals surface area contributed by atoms with Crippen LogP contribution in [0.2, 0.25) is 0 Å². The average molecular weight is 397 g/mol. The lowest BCUT2D eigenvalue weighted by Crippen LogP contribution is -2.31. The molecule has 2 aromatic rings. The molecule has 0 spiro atoms. The summed E-state index contributed by atoms with van der Waals surface area (Å²) in [4.78, 5) is 39.0. The third-order valence-electron chi connectivity index (χ3n) is 4.61. The van der Waals surface area contributed by atoms with E-state index in [0.717, 1.165) is 4.90 Å². The van der Waals surface area contributed by atoms with Gasteiger partial charge in [-0.1, -0.05) is 18.2 Å². The van der Waals surface area contributed by atoms with Crippen molar-refractivity contribution in [3.8, 4) is 11.5 Å². The molecular weight excluding hydrogens is 374 g/mol. The van der Waals surface area contributed by atoms with Gasteiger partial charge in [0.1, 0.15) is 5.69 Å². The van der Waals surface area contributed by atoms with Gasteiger partial charge < -0.3 is 14.2 Å². The molecule has 0 radical (unpaired) electrons. The van der Waals surface area contributed by atoms with E-state index in [0.29, 0.717) is 47.1 Å². The number of benzene rings is 2. The van der Waals surface area contributed by atoms with E-state index in [1.54, 1.807) is 36.4 Å². The summed E-state index contributed by atoms with van der Waals surface area (Å²) in [5.41, 5.74) is 1.60. The van der Waals surface area contributed by atoms with E-state index in [-0.39, 0.29) is 18.8 Å². The van der Waals surface area contributed by atoms with Gasteiger partial charge in [0, 0.05) is 6.42 Å². The van der Waals surface area contributed by atoms with Crippen molar-refractivity contribution in [3.05, 3.63) is 53.1 Å². The molecule has 2 amide bonds. The monoisotopic (exact) mass is 397 g/mol. The third kappa shape index (κ3) is 3.81. The summed E-state index contributed by atoms with van der Waals surface area (Å²) < 4.78 is 16.2. The zero-order valence-corrected chi connectivity index (χ0v) is 16.7. The standard InChI is InChI=1S/C22H23NO6/c1-4-28-17-12-10-14(11-13-18(24)27-3)19(20(17)29-5-2)23-21(25)15-8-6-7-9-16(15)22(23)26/h6-10,12H,4-5,11,13H2,1-3H3. The largest absolute Gasteiger partial charge is 0.490 e. The first-order chi connectivity index (χ1) is 14.0. The zero-order valence-electron chi connectivity index (χ0n) is 16.7. The van der Waals surface area contributed by atoms with E-state index in [1.165, 1.54) is 7.11 Å². The molecule has 0 aliphatic carbocycles. The molecule has 0 N–H and O–H groups in total. The number of methoxy groups -OCH3 is 1. The SMILES string of the molecule is CCOc1ccc(CCC(=O)OC)c(N2C(=O)c3ccccc3C2=O)c1OCC. The fraction of sp³-hybridized carbons (Fsp3) is 0.318. The van der Waals surface area contributed by atoms with E-state index < -0.39 is 11.8 Å². The third-order valence-corrected chi connectivity index (χ3v) is 4.61. The lowest BCUT2D eigenvalue weighted by molar-refractivity contribution is -0.140. The van der Waals surface area contributed by atoms with Gasteiger partial charge in [-0.3, -0.25) is 14.4 Å². The maximum absolute atomic E-state index is 13.1. The van der Waals surface area contributed by atoms with Crippen LogP contribution in [0.3, 0.4) is 0 Å². The van der Waals surface area contributed by atoms with Gasteiger partial charge in [-0.15, -0.1) is 0 Å². The van der Waals surface area contributed by atoms with Crippen LogP contribution in [0.1, 0.15) is 46.5 Å². The number of hydrogen-bond acceptors (Lipinski definition) is 6. The van der Waals surface area contributed by atoms with Crippen molar-refractivity contribution in [2.45, 2.75) is 26.7 Å². The number of anilines is 1. The Morgan fingerprint density at radius 2 is 1.55 bits per heavy atom. The smallest absolute Gasteiger partial charge is 0.305 e. The van der Waals surface area contributed by atoms with Crippen LogP contribution >= 0.6 is 0 Å². The summed E-state index contributed by atoms with van der Waals surface area (Å²) in [7, 11) is 1.32. The summed E-state index contributed by atoms with van der Waals surface area (Å²) in [5, 5.41) is 0. The minimum absolute atomic E-state index is 0.103. The van der Waals surface area contributed by atoms with Crippen LogP contribution in [0, 0.1) is 0 Å². The molecular formula is C22H23NO6. The zero-order chi connectivity index (χ0) is 21.0. The first-order valence-corrected chi connectivity index (χ1v) is 9.49. The number of carbonyl (C=O) groups is 3. The number of rotatable bonds is 8. The predicted molar refractivity (Wildman–Crippen MR) is 107 cm³/mol. The number of amides is 2. The second-order valence-electron chi connectivity index (χ2n) is 6.33. The van der Waals surface area contributed by atoms with Crippen molar-refractivity contribution in [2.24, 2.45) is 0 Å². The van der Waals surface area contributed by atoms with Crippen LogP contribution in [0.15, 0.2) is 36.4 Å². The van der Waals surface area contributed by atoms with Gasteiger partial charge in [-0.2, -0.15) is 0 Å². The molecule has 0 aromatic heterocycles. The Balaban J connectivity index is 2.16. The van der Waals surface area contributed by atoms with E-state index in [1.807, 2.05) is 13.8 Å². The highest BCUT2D eigenvalue weighted by Gasteiger charge is 2.39. The molecule has 3 rings (SSSR count). The molecule has 0 atom stereocenters. The fourth-order valence-electron chi connectivity index (χ4n) is 3.32. The molecule has 1 aliphatic heterocycles.